The molecule has 2 fully saturated rings. The van der Waals surface area contributed by atoms with Gasteiger partial charge in [0.25, 0.3) is 0 Å². The number of nitrogens with one attached hydrogen (secondary N) is 1. The van der Waals surface area contributed by atoms with Crippen LogP contribution in [0.5, 0.6) is 0 Å². The zero-order valence-electron chi connectivity index (χ0n) is 10.8. The summed E-state index contributed by atoms with van der Waals surface area (Å²) in [4.78, 5) is 2.49. The van der Waals surface area contributed by atoms with E-state index in [4.69, 9.17) is 15.9 Å². The third kappa shape index (κ3) is 3.19. The number of nitrogens with two attached hydrogens (primary N) is 1. The minimum Gasteiger partial charge on any atom is -0.385 e. The van der Waals surface area contributed by atoms with E-state index in [1.807, 2.05) is 0 Å². The van der Waals surface area contributed by atoms with Gasteiger partial charge in [-0.25, -0.2) is 0 Å². The van der Waals surface area contributed by atoms with Gasteiger partial charge in [-0.1, -0.05) is 13.3 Å². The SMILES string of the molecule is CCC1CCC(N2CCOC(C(=N)N)C2)CC1. The van der Waals surface area contributed by atoms with E-state index in [-0.39, 0.29) is 11.9 Å². The van der Waals surface area contributed by atoms with E-state index in [9.17, 15) is 0 Å². The normalized spacial score (nSPS) is 35.7. The maximum absolute atomic E-state index is 7.48. The Labute approximate surface area is 104 Å². The molecule has 1 aliphatic carbocycles. The van der Waals surface area contributed by atoms with Crippen LogP contribution in [0.2, 0.25) is 0 Å². The molecule has 2 rings (SSSR count). The Balaban J connectivity index is 1.84. The van der Waals surface area contributed by atoms with E-state index in [0.717, 1.165) is 25.6 Å². The summed E-state index contributed by atoms with van der Waals surface area (Å²) >= 11 is 0. The molecule has 17 heavy (non-hydrogen) atoms. The average Bonchev–Trinajstić information content (AvgIpc) is 2.39. The number of amidine groups is 1. The third-order valence-electron chi connectivity index (χ3n) is 4.35. The number of hydrogen-bond donors (Lipinski definition) is 2. The van der Waals surface area contributed by atoms with Gasteiger partial charge in [-0.05, 0) is 31.6 Å². The van der Waals surface area contributed by atoms with Gasteiger partial charge in [-0.3, -0.25) is 10.3 Å². The van der Waals surface area contributed by atoms with Gasteiger partial charge in [0.05, 0.1) is 6.61 Å². The van der Waals surface area contributed by atoms with Crippen LogP contribution in [0, 0.1) is 11.3 Å². The molecule has 4 heteroatoms. The molecule has 98 valence electrons. The molecule has 4 nitrogen and oxygen atoms in total. The fraction of sp³-hybridized carbons (Fsp3) is 0.923. The first-order chi connectivity index (χ1) is 8.20. The Morgan fingerprint density at radius 3 is 2.65 bits per heavy atom. The predicted molar refractivity (Wildman–Crippen MR) is 69.3 cm³/mol. The number of hydrogen-bond acceptors (Lipinski definition) is 3. The molecule has 1 heterocycles. The Morgan fingerprint density at radius 1 is 1.35 bits per heavy atom. The lowest BCUT2D eigenvalue weighted by Crippen LogP contribution is -2.52. The van der Waals surface area contributed by atoms with Crippen molar-refractivity contribution in [2.24, 2.45) is 11.7 Å². The molecule has 0 bridgehead atoms. The highest BCUT2D eigenvalue weighted by Crippen LogP contribution is 2.30. The van der Waals surface area contributed by atoms with Crippen LogP contribution in [0.15, 0.2) is 0 Å². The van der Waals surface area contributed by atoms with Crippen LogP contribution in [-0.4, -0.2) is 42.6 Å². The highest BCUT2D eigenvalue weighted by atomic mass is 16.5. The largest absolute Gasteiger partial charge is 0.385 e. The molecule has 1 aliphatic heterocycles. The Kier molecular flexibility index (Phi) is 4.40. The van der Waals surface area contributed by atoms with Crippen LogP contribution in [-0.2, 0) is 4.74 Å². The lowest BCUT2D eigenvalue weighted by atomic mass is 9.83. The number of nitrogens with zero attached hydrogens (tertiary/aromatic N) is 1. The van der Waals surface area contributed by atoms with Crippen molar-refractivity contribution in [1.29, 1.82) is 5.41 Å². The third-order valence-corrected chi connectivity index (χ3v) is 4.35. The van der Waals surface area contributed by atoms with Crippen LogP contribution in [0.4, 0.5) is 0 Å². The molecule has 1 saturated heterocycles. The van der Waals surface area contributed by atoms with Crippen molar-refractivity contribution in [3.05, 3.63) is 0 Å². The Hall–Kier alpha value is -0.610. The van der Waals surface area contributed by atoms with Gasteiger partial charge in [0.1, 0.15) is 11.9 Å². The first-order valence-electron chi connectivity index (χ1n) is 6.90. The van der Waals surface area contributed by atoms with Gasteiger partial charge < -0.3 is 10.5 Å². The van der Waals surface area contributed by atoms with Gasteiger partial charge in [0, 0.05) is 19.1 Å². The van der Waals surface area contributed by atoms with Crippen molar-refractivity contribution in [3.63, 3.8) is 0 Å². The summed E-state index contributed by atoms with van der Waals surface area (Å²) in [5, 5.41) is 7.48. The second kappa shape index (κ2) is 5.83. The van der Waals surface area contributed by atoms with E-state index < -0.39 is 0 Å². The van der Waals surface area contributed by atoms with Gasteiger partial charge in [0.2, 0.25) is 0 Å². The lowest BCUT2D eigenvalue weighted by molar-refractivity contribution is -0.0214. The molecule has 0 radical (unpaired) electrons. The standard InChI is InChI=1S/C13H25N3O/c1-2-10-3-5-11(6-4-10)16-7-8-17-12(9-16)13(14)15/h10-12H,2-9H2,1H3,(H3,14,15). The van der Waals surface area contributed by atoms with Crippen molar-refractivity contribution >= 4 is 5.84 Å². The predicted octanol–water partition coefficient (Wildman–Crippen LogP) is 1.59. The molecule has 1 saturated carbocycles. The van der Waals surface area contributed by atoms with Crippen molar-refractivity contribution < 1.29 is 4.74 Å². The van der Waals surface area contributed by atoms with Crippen molar-refractivity contribution in [2.75, 3.05) is 19.7 Å². The smallest absolute Gasteiger partial charge is 0.127 e. The summed E-state index contributed by atoms with van der Waals surface area (Å²) in [6.45, 7) is 4.84. The molecule has 0 aromatic rings. The minimum absolute atomic E-state index is 0.173. The summed E-state index contributed by atoms with van der Waals surface area (Å²) in [5.41, 5.74) is 5.53. The van der Waals surface area contributed by atoms with E-state index >= 15 is 0 Å². The molecule has 1 unspecified atom stereocenters. The maximum Gasteiger partial charge on any atom is 0.127 e. The van der Waals surface area contributed by atoms with E-state index in [1.165, 1.54) is 32.1 Å². The van der Waals surface area contributed by atoms with Gasteiger partial charge in [0.15, 0.2) is 0 Å². The molecule has 1 atom stereocenters. The highest BCUT2D eigenvalue weighted by Gasteiger charge is 2.30. The maximum atomic E-state index is 7.48. The fourth-order valence-electron chi connectivity index (χ4n) is 3.11. The first-order valence-corrected chi connectivity index (χ1v) is 6.90. The fourth-order valence-corrected chi connectivity index (χ4v) is 3.11. The highest BCUT2D eigenvalue weighted by molar-refractivity contribution is 5.82. The summed E-state index contributed by atoms with van der Waals surface area (Å²) in [7, 11) is 0. The van der Waals surface area contributed by atoms with E-state index in [1.54, 1.807) is 0 Å². The van der Waals surface area contributed by atoms with Crippen LogP contribution in [0.25, 0.3) is 0 Å². The molecule has 3 N–H and O–H groups in total. The molecule has 2 aliphatic rings. The average molecular weight is 239 g/mol. The Bertz CT molecular complexity index is 261. The van der Waals surface area contributed by atoms with Crippen molar-refractivity contribution in [2.45, 2.75) is 51.2 Å². The Morgan fingerprint density at radius 2 is 2.06 bits per heavy atom. The van der Waals surface area contributed by atoms with Crippen molar-refractivity contribution in [3.8, 4) is 0 Å². The molecule has 0 amide bonds. The summed E-state index contributed by atoms with van der Waals surface area (Å²) in [6, 6.07) is 0.698. The van der Waals surface area contributed by atoms with Crippen LogP contribution < -0.4 is 5.73 Å². The van der Waals surface area contributed by atoms with Gasteiger partial charge >= 0.3 is 0 Å². The molecular weight excluding hydrogens is 214 g/mol. The summed E-state index contributed by atoms with van der Waals surface area (Å²) in [6.07, 6.45) is 6.50. The van der Waals surface area contributed by atoms with Gasteiger partial charge in [-0.15, -0.1) is 0 Å². The lowest BCUT2D eigenvalue weighted by Gasteiger charge is -2.41. The van der Waals surface area contributed by atoms with Crippen LogP contribution >= 0.6 is 0 Å². The monoisotopic (exact) mass is 239 g/mol. The molecule has 0 aromatic heterocycles. The summed E-state index contributed by atoms with van der Waals surface area (Å²) < 4.78 is 5.51. The first kappa shape index (κ1) is 12.8. The van der Waals surface area contributed by atoms with E-state index in [0.29, 0.717) is 6.04 Å². The molecular formula is C13H25N3O. The second-order valence-electron chi connectivity index (χ2n) is 5.39. The number of rotatable bonds is 3. The molecule has 0 aromatic carbocycles. The topological polar surface area (TPSA) is 62.3 Å². The number of ether oxygens (including phenoxy) is 1. The zero-order valence-corrected chi connectivity index (χ0v) is 10.8. The summed E-state index contributed by atoms with van der Waals surface area (Å²) in [5.74, 6) is 1.12. The number of morpholine rings is 1. The van der Waals surface area contributed by atoms with Crippen LogP contribution in [0.3, 0.4) is 0 Å². The minimum atomic E-state index is -0.173. The van der Waals surface area contributed by atoms with Crippen LogP contribution in [0.1, 0.15) is 39.0 Å². The van der Waals surface area contributed by atoms with E-state index in [2.05, 4.69) is 11.8 Å². The molecule has 0 spiro atoms. The second-order valence-corrected chi connectivity index (χ2v) is 5.39. The zero-order chi connectivity index (χ0) is 12.3. The quantitative estimate of drug-likeness (QED) is 0.581. The van der Waals surface area contributed by atoms with Crippen molar-refractivity contribution in [1.82, 2.24) is 4.90 Å². The van der Waals surface area contributed by atoms with Gasteiger partial charge in [-0.2, -0.15) is 0 Å².